The molecule has 0 aliphatic heterocycles. The quantitative estimate of drug-likeness (QED) is 0.778. The number of hydrogen-bond donors (Lipinski definition) is 1. The lowest BCUT2D eigenvalue weighted by Gasteiger charge is -2.18. The van der Waals surface area contributed by atoms with Crippen molar-refractivity contribution in [1.29, 1.82) is 5.26 Å². The first kappa shape index (κ1) is 12.1. The van der Waals surface area contributed by atoms with E-state index in [1.54, 1.807) is 0 Å². The Hall–Kier alpha value is -1.93. The first-order chi connectivity index (χ1) is 7.72. The monoisotopic (exact) mass is 212 g/mol. The molecule has 0 aliphatic carbocycles. The third kappa shape index (κ3) is 2.78. The smallest absolute Gasteiger partial charge is 0.101 e. The van der Waals surface area contributed by atoms with Crippen molar-refractivity contribution >= 4 is 5.69 Å². The summed E-state index contributed by atoms with van der Waals surface area (Å²) in [5.41, 5.74) is 2.66. The van der Waals surface area contributed by atoms with E-state index >= 15 is 0 Å². The van der Waals surface area contributed by atoms with Gasteiger partial charge < -0.3 is 5.32 Å². The molecule has 0 radical (unpaired) electrons. The summed E-state index contributed by atoms with van der Waals surface area (Å²) >= 11 is 0. The number of anilines is 1. The van der Waals surface area contributed by atoms with E-state index in [-0.39, 0.29) is 6.04 Å². The minimum Gasteiger partial charge on any atom is -0.380 e. The van der Waals surface area contributed by atoms with E-state index in [0.29, 0.717) is 12.0 Å². The van der Waals surface area contributed by atoms with Gasteiger partial charge in [-0.15, -0.1) is 12.3 Å². The number of para-hydroxylation sites is 1. The summed E-state index contributed by atoms with van der Waals surface area (Å²) in [6, 6.07) is 8.13. The Morgan fingerprint density at radius 3 is 2.81 bits per heavy atom. The molecule has 1 aromatic rings. The highest BCUT2D eigenvalue weighted by Crippen LogP contribution is 2.21. The van der Waals surface area contributed by atoms with Gasteiger partial charge in [-0.2, -0.15) is 5.26 Å². The van der Waals surface area contributed by atoms with Crippen LogP contribution in [-0.2, 0) is 0 Å². The second-order valence-electron chi connectivity index (χ2n) is 3.77. The van der Waals surface area contributed by atoms with E-state index < -0.39 is 0 Å². The number of aryl methyl sites for hydroxylation is 1. The number of nitrogens with zero attached hydrogens (tertiary/aromatic N) is 1. The highest BCUT2D eigenvalue weighted by Gasteiger charge is 2.09. The molecular formula is C14H16N2. The number of terminal acetylenes is 1. The fourth-order valence-corrected chi connectivity index (χ4v) is 1.60. The van der Waals surface area contributed by atoms with Crippen molar-refractivity contribution in [2.75, 3.05) is 5.32 Å². The topological polar surface area (TPSA) is 35.8 Å². The van der Waals surface area contributed by atoms with E-state index in [2.05, 4.69) is 24.2 Å². The highest BCUT2D eigenvalue weighted by atomic mass is 14.9. The normalized spacial score (nSPS) is 11.2. The van der Waals surface area contributed by atoms with Gasteiger partial charge in [0.25, 0.3) is 0 Å². The molecule has 16 heavy (non-hydrogen) atoms. The standard InChI is InChI=1S/C14H16N2/c1-4-7-13(5-2)16-14-11(3)8-6-9-12(14)10-15/h1,6,8-9,13,16H,5,7H2,2-3H3. The lowest BCUT2D eigenvalue weighted by Crippen LogP contribution is -2.19. The minimum atomic E-state index is 0.234. The van der Waals surface area contributed by atoms with E-state index in [9.17, 15) is 0 Å². The second-order valence-corrected chi connectivity index (χ2v) is 3.77. The van der Waals surface area contributed by atoms with Crippen LogP contribution in [0.5, 0.6) is 0 Å². The van der Waals surface area contributed by atoms with Gasteiger partial charge in [0.15, 0.2) is 0 Å². The van der Waals surface area contributed by atoms with Crippen LogP contribution in [0.1, 0.15) is 30.9 Å². The van der Waals surface area contributed by atoms with Crippen molar-refractivity contribution in [1.82, 2.24) is 0 Å². The molecule has 0 saturated heterocycles. The molecule has 0 fully saturated rings. The van der Waals surface area contributed by atoms with Gasteiger partial charge in [-0.05, 0) is 25.0 Å². The number of rotatable bonds is 4. The van der Waals surface area contributed by atoms with Crippen LogP contribution in [-0.4, -0.2) is 6.04 Å². The van der Waals surface area contributed by atoms with Crippen molar-refractivity contribution in [3.8, 4) is 18.4 Å². The zero-order valence-electron chi connectivity index (χ0n) is 9.75. The summed E-state index contributed by atoms with van der Waals surface area (Å²) in [6.07, 6.45) is 6.94. The van der Waals surface area contributed by atoms with E-state index in [4.69, 9.17) is 11.7 Å². The van der Waals surface area contributed by atoms with Gasteiger partial charge in [-0.25, -0.2) is 0 Å². The van der Waals surface area contributed by atoms with Crippen LogP contribution < -0.4 is 5.32 Å². The minimum absolute atomic E-state index is 0.234. The average Bonchev–Trinajstić information content (AvgIpc) is 2.30. The molecule has 0 spiro atoms. The van der Waals surface area contributed by atoms with Gasteiger partial charge in [-0.3, -0.25) is 0 Å². The average molecular weight is 212 g/mol. The Kier molecular flexibility index (Phi) is 4.42. The largest absolute Gasteiger partial charge is 0.380 e. The summed E-state index contributed by atoms with van der Waals surface area (Å²) in [5, 5.41) is 12.4. The van der Waals surface area contributed by atoms with Crippen molar-refractivity contribution in [3.63, 3.8) is 0 Å². The summed E-state index contributed by atoms with van der Waals surface area (Å²) < 4.78 is 0. The van der Waals surface area contributed by atoms with Gasteiger partial charge in [0.2, 0.25) is 0 Å². The van der Waals surface area contributed by atoms with Gasteiger partial charge >= 0.3 is 0 Å². The number of nitriles is 1. The highest BCUT2D eigenvalue weighted by molar-refractivity contribution is 5.62. The van der Waals surface area contributed by atoms with Crippen LogP contribution in [0, 0.1) is 30.6 Å². The molecule has 1 rings (SSSR count). The second kappa shape index (κ2) is 5.83. The predicted octanol–water partition coefficient (Wildman–Crippen LogP) is 3.08. The molecule has 0 saturated carbocycles. The molecule has 0 aliphatic rings. The number of hydrogen-bond acceptors (Lipinski definition) is 2. The van der Waals surface area contributed by atoms with Crippen molar-refractivity contribution < 1.29 is 0 Å². The Morgan fingerprint density at radius 2 is 2.25 bits per heavy atom. The first-order valence-corrected chi connectivity index (χ1v) is 5.42. The fraction of sp³-hybridized carbons (Fsp3) is 0.357. The van der Waals surface area contributed by atoms with Crippen LogP contribution in [0.15, 0.2) is 18.2 Å². The van der Waals surface area contributed by atoms with Crippen molar-refractivity contribution in [3.05, 3.63) is 29.3 Å². The maximum absolute atomic E-state index is 9.03. The van der Waals surface area contributed by atoms with Crippen LogP contribution in [0.2, 0.25) is 0 Å². The maximum Gasteiger partial charge on any atom is 0.101 e. The van der Waals surface area contributed by atoms with Crippen LogP contribution in [0.3, 0.4) is 0 Å². The Morgan fingerprint density at radius 1 is 1.50 bits per heavy atom. The molecule has 1 aromatic carbocycles. The van der Waals surface area contributed by atoms with E-state index in [1.165, 1.54) is 0 Å². The maximum atomic E-state index is 9.03. The predicted molar refractivity (Wildman–Crippen MR) is 67.0 cm³/mol. The third-order valence-electron chi connectivity index (χ3n) is 2.60. The molecule has 2 heteroatoms. The van der Waals surface area contributed by atoms with Gasteiger partial charge in [0.05, 0.1) is 11.3 Å². The van der Waals surface area contributed by atoms with E-state index in [1.807, 2.05) is 25.1 Å². The molecule has 1 unspecified atom stereocenters. The summed E-state index contributed by atoms with van der Waals surface area (Å²) in [7, 11) is 0. The van der Waals surface area contributed by atoms with Crippen LogP contribution >= 0.6 is 0 Å². The van der Waals surface area contributed by atoms with Crippen molar-refractivity contribution in [2.45, 2.75) is 32.7 Å². The molecule has 2 nitrogen and oxygen atoms in total. The molecule has 1 atom stereocenters. The Bertz CT molecular complexity index is 435. The third-order valence-corrected chi connectivity index (χ3v) is 2.60. The Labute approximate surface area is 97.3 Å². The summed E-state index contributed by atoms with van der Waals surface area (Å²) in [4.78, 5) is 0. The SMILES string of the molecule is C#CCC(CC)Nc1c(C)cccc1C#N. The first-order valence-electron chi connectivity index (χ1n) is 5.42. The number of nitrogens with one attached hydrogen (secondary N) is 1. The lowest BCUT2D eigenvalue weighted by atomic mass is 10.1. The van der Waals surface area contributed by atoms with Gasteiger partial charge in [0.1, 0.15) is 6.07 Å². The molecule has 0 aromatic heterocycles. The number of benzene rings is 1. The van der Waals surface area contributed by atoms with E-state index in [0.717, 1.165) is 17.7 Å². The lowest BCUT2D eigenvalue weighted by molar-refractivity contribution is 0.714. The molecule has 0 bridgehead atoms. The molecule has 0 heterocycles. The van der Waals surface area contributed by atoms with Crippen LogP contribution in [0.4, 0.5) is 5.69 Å². The zero-order valence-corrected chi connectivity index (χ0v) is 9.75. The fourth-order valence-electron chi connectivity index (χ4n) is 1.60. The molecule has 82 valence electrons. The summed E-state index contributed by atoms with van der Waals surface area (Å²) in [6.45, 7) is 4.07. The van der Waals surface area contributed by atoms with Gasteiger partial charge in [-0.1, -0.05) is 19.1 Å². The zero-order chi connectivity index (χ0) is 12.0. The summed E-state index contributed by atoms with van der Waals surface area (Å²) in [5.74, 6) is 2.65. The molecule has 1 N–H and O–H groups in total. The molecular weight excluding hydrogens is 196 g/mol. The van der Waals surface area contributed by atoms with Crippen molar-refractivity contribution in [2.24, 2.45) is 0 Å². The van der Waals surface area contributed by atoms with Gasteiger partial charge in [0, 0.05) is 12.5 Å². The Balaban J connectivity index is 2.96. The molecule has 0 amide bonds. The van der Waals surface area contributed by atoms with Crippen LogP contribution in [0.25, 0.3) is 0 Å².